The van der Waals surface area contributed by atoms with Crippen molar-refractivity contribution < 1.29 is 13.2 Å². The van der Waals surface area contributed by atoms with Crippen LogP contribution in [-0.2, 0) is 10.0 Å². The van der Waals surface area contributed by atoms with Crippen LogP contribution >= 0.6 is 34.7 Å². The zero-order valence-electron chi connectivity index (χ0n) is 14.6. The van der Waals surface area contributed by atoms with E-state index in [0.29, 0.717) is 22.8 Å². The number of nitrogens with one attached hydrogen (secondary N) is 2. The Kier molecular flexibility index (Phi) is 7.01. The maximum Gasteiger partial charge on any atom is 0.271 e. The summed E-state index contributed by atoms with van der Waals surface area (Å²) in [5, 5.41) is 5.24. The Labute approximate surface area is 177 Å². The number of thioether (sulfide) groups is 1. The second kappa shape index (κ2) is 9.47. The molecule has 0 aliphatic heterocycles. The smallest absolute Gasteiger partial charge is 0.271 e. The lowest BCUT2D eigenvalue weighted by atomic mass is 10.2. The van der Waals surface area contributed by atoms with Gasteiger partial charge in [0.1, 0.15) is 4.21 Å². The van der Waals surface area contributed by atoms with Crippen LogP contribution in [0.3, 0.4) is 0 Å². The van der Waals surface area contributed by atoms with Crippen LogP contribution in [0.1, 0.15) is 10.4 Å². The highest BCUT2D eigenvalue weighted by atomic mass is 35.5. The largest absolute Gasteiger partial charge is 0.351 e. The molecule has 28 heavy (non-hydrogen) atoms. The van der Waals surface area contributed by atoms with Crippen molar-refractivity contribution in [3.8, 4) is 0 Å². The number of hydrogen-bond acceptors (Lipinski definition) is 5. The van der Waals surface area contributed by atoms with Crippen molar-refractivity contribution in [2.45, 2.75) is 9.10 Å². The molecule has 3 aromatic rings. The number of hydrogen-bond donors (Lipinski definition) is 2. The summed E-state index contributed by atoms with van der Waals surface area (Å²) in [7, 11) is -3.59. The minimum absolute atomic E-state index is 0.204. The number of rotatable bonds is 8. The number of anilines is 1. The monoisotopic (exact) mass is 452 g/mol. The van der Waals surface area contributed by atoms with Crippen LogP contribution in [0.25, 0.3) is 0 Å². The van der Waals surface area contributed by atoms with Crippen LogP contribution in [0, 0.1) is 0 Å². The zero-order valence-corrected chi connectivity index (χ0v) is 17.8. The van der Waals surface area contributed by atoms with Gasteiger partial charge >= 0.3 is 0 Å². The van der Waals surface area contributed by atoms with Crippen LogP contribution in [0.5, 0.6) is 0 Å². The van der Waals surface area contributed by atoms with Gasteiger partial charge < -0.3 is 5.32 Å². The molecule has 0 saturated heterocycles. The fourth-order valence-electron chi connectivity index (χ4n) is 2.28. The fraction of sp³-hybridized carbons (Fsp3) is 0.105. The van der Waals surface area contributed by atoms with Crippen LogP contribution in [0.2, 0.25) is 5.02 Å². The summed E-state index contributed by atoms with van der Waals surface area (Å²) in [5.41, 5.74) is 0.874. The second-order valence-corrected chi connectivity index (χ2v) is 10.1. The van der Waals surface area contributed by atoms with E-state index in [0.717, 1.165) is 22.0 Å². The van der Waals surface area contributed by atoms with E-state index in [9.17, 15) is 13.2 Å². The molecule has 9 heteroatoms. The molecule has 0 radical (unpaired) electrons. The highest BCUT2D eigenvalue weighted by molar-refractivity contribution is 7.99. The van der Waals surface area contributed by atoms with Gasteiger partial charge in [0.05, 0.1) is 0 Å². The van der Waals surface area contributed by atoms with Gasteiger partial charge in [-0.1, -0.05) is 17.7 Å². The summed E-state index contributed by atoms with van der Waals surface area (Å²) in [4.78, 5) is 13.3. The Bertz CT molecular complexity index is 1020. The summed E-state index contributed by atoms with van der Waals surface area (Å²) in [6.45, 7) is 0.513. The predicted molar refractivity (Wildman–Crippen MR) is 116 cm³/mol. The Hall–Kier alpha value is -2.00. The van der Waals surface area contributed by atoms with E-state index in [1.807, 2.05) is 24.3 Å². The highest BCUT2D eigenvalue weighted by Crippen LogP contribution is 2.21. The summed E-state index contributed by atoms with van der Waals surface area (Å²) < 4.78 is 27.1. The normalized spacial score (nSPS) is 11.2. The minimum Gasteiger partial charge on any atom is -0.351 e. The first-order valence-electron chi connectivity index (χ1n) is 8.27. The predicted octanol–water partition coefficient (Wildman–Crippen LogP) is 4.72. The molecule has 1 heterocycles. The number of carbonyl (C=O) groups is 1. The molecule has 1 aromatic heterocycles. The Balaban J connectivity index is 1.49. The van der Waals surface area contributed by atoms with Crippen LogP contribution in [-0.4, -0.2) is 26.6 Å². The first-order chi connectivity index (χ1) is 13.4. The molecule has 5 nitrogen and oxygen atoms in total. The van der Waals surface area contributed by atoms with Gasteiger partial charge in [-0.2, -0.15) is 0 Å². The Morgan fingerprint density at radius 1 is 1.04 bits per heavy atom. The average Bonchev–Trinajstić information content (AvgIpc) is 3.23. The number of halogens is 1. The highest BCUT2D eigenvalue weighted by Gasteiger charge is 2.15. The van der Waals surface area contributed by atoms with Crippen molar-refractivity contribution in [1.82, 2.24) is 5.32 Å². The molecule has 3 rings (SSSR count). The molecular weight excluding hydrogens is 436 g/mol. The van der Waals surface area contributed by atoms with Crippen LogP contribution in [0.4, 0.5) is 5.69 Å². The van der Waals surface area contributed by atoms with Crippen molar-refractivity contribution in [1.29, 1.82) is 0 Å². The molecule has 0 unspecified atom stereocenters. The van der Waals surface area contributed by atoms with Gasteiger partial charge in [0.15, 0.2) is 0 Å². The molecule has 0 spiro atoms. The molecule has 0 bridgehead atoms. The molecule has 0 aliphatic carbocycles. The van der Waals surface area contributed by atoms with Gasteiger partial charge in [0, 0.05) is 33.5 Å². The van der Waals surface area contributed by atoms with Crippen molar-refractivity contribution in [2.75, 3.05) is 17.0 Å². The van der Waals surface area contributed by atoms with E-state index in [1.54, 1.807) is 47.5 Å². The number of benzene rings is 2. The van der Waals surface area contributed by atoms with E-state index in [1.165, 1.54) is 6.07 Å². The standard InChI is InChI=1S/C19H17ClN2O3S3/c20-15-5-9-17(10-6-15)26-13-11-21-19(23)14-3-7-16(8-4-14)22-28(24,25)18-2-1-12-27-18/h1-10,12,22H,11,13H2,(H,21,23). The topological polar surface area (TPSA) is 75.3 Å². The molecule has 146 valence electrons. The first-order valence-corrected chi connectivity index (χ1v) is 12.0. The minimum atomic E-state index is -3.59. The maximum absolute atomic E-state index is 12.2. The number of thiophene rings is 1. The molecule has 1 amide bonds. The third-order valence-electron chi connectivity index (χ3n) is 3.63. The summed E-state index contributed by atoms with van der Waals surface area (Å²) in [6, 6.07) is 17.1. The molecule has 2 N–H and O–H groups in total. The number of sulfonamides is 1. The van der Waals surface area contributed by atoms with Crippen molar-refractivity contribution in [3.63, 3.8) is 0 Å². The molecule has 0 aliphatic rings. The summed E-state index contributed by atoms with van der Waals surface area (Å²) in [6.07, 6.45) is 0. The molecule has 2 aromatic carbocycles. The zero-order chi connectivity index (χ0) is 20.0. The lowest BCUT2D eigenvalue weighted by Gasteiger charge is -2.08. The summed E-state index contributed by atoms with van der Waals surface area (Å²) in [5.74, 6) is 0.524. The van der Waals surface area contributed by atoms with Gasteiger partial charge in [-0.25, -0.2) is 8.42 Å². The SMILES string of the molecule is O=C(NCCSc1ccc(Cl)cc1)c1ccc(NS(=O)(=O)c2cccs2)cc1. The van der Waals surface area contributed by atoms with Crippen molar-refractivity contribution >= 4 is 56.3 Å². The quantitative estimate of drug-likeness (QED) is 0.383. The van der Waals surface area contributed by atoms with E-state index in [4.69, 9.17) is 11.6 Å². The third kappa shape index (κ3) is 5.75. The molecule has 0 fully saturated rings. The van der Waals surface area contributed by atoms with E-state index in [-0.39, 0.29) is 10.1 Å². The third-order valence-corrected chi connectivity index (χ3v) is 7.67. The van der Waals surface area contributed by atoms with Gasteiger partial charge in [-0.05, 0) is 60.0 Å². The van der Waals surface area contributed by atoms with Gasteiger partial charge in [0.2, 0.25) is 0 Å². The molecule has 0 saturated carbocycles. The lowest BCUT2D eigenvalue weighted by Crippen LogP contribution is -2.25. The molecule has 0 atom stereocenters. The molecular formula is C19H17ClN2O3S3. The van der Waals surface area contributed by atoms with Gasteiger partial charge in [-0.3, -0.25) is 9.52 Å². The average molecular weight is 453 g/mol. The van der Waals surface area contributed by atoms with Gasteiger partial charge in [0.25, 0.3) is 15.9 Å². The number of carbonyl (C=O) groups excluding carboxylic acids is 1. The fourth-order valence-corrected chi connectivity index (χ4v) is 5.22. The maximum atomic E-state index is 12.2. The van der Waals surface area contributed by atoms with Crippen LogP contribution < -0.4 is 10.0 Å². The second-order valence-electron chi connectivity index (χ2n) is 5.67. The van der Waals surface area contributed by atoms with E-state index < -0.39 is 10.0 Å². The first kappa shape index (κ1) is 20.7. The lowest BCUT2D eigenvalue weighted by molar-refractivity contribution is 0.0956. The summed E-state index contributed by atoms with van der Waals surface area (Å²) >= 11 is 8.62. The van der Waals surface area contributed by atoms with Crippen LogP contribution in [0.15, 0.2) is 75.1 Å². The Morgan fingerprint density at radius 2 is 1.75 bits per heavy atom. The number of amides is 1. The Morgan fingerprint density at radius 3 is 2.39 bits per heavy atom. The van der Waals surface area contributed by atoms with E-state index in [2.05, 4.69) is 10.0 Å². The van der Waals surface area contributed by atoms with Crippen molar-refractivity contribution in [2.24, 2.45) is 0 Å². The van der Waals surface area contributed by atoms with Gasteiger partial charge in [-0.15, -0.1) is 23.1 Å². The van der Waals surface area contributed by atoms with E-state index >= 15 is 0 Å². The van der Waals surface area contributed by atoms with Crippen molar-refractivity contribution in [3.05, 3.63) is 76.6 Å².